The Morgan fingerprint density at radius 1 is 1.14 bits per heavy atom. The van der Waals surface area contributed by atoms with Gasteiger partial charge in [-0.2, -0.15) is 4.31 Å². The van der Waals surface area contributed by atoms with Crippen molar-refractivity contribution >= 4 is 21.6 Å². The molecule has 1 aliphatic rings. The van der Waals surface area contributed by atoms with Gasteiger partial charge >= 0.3 is 0 Å². The molecule has 0 atom stereocenters. The maximum absolute atomic E-state index is 12.8. The molecule has 0 radical (unpaired) electrons. The van der Waals surface area contributed by atoms with E-state index in [1.807, 2.05) is 0 Å². The number of aryl methyl sites for hydroxylation is 1. The fourth-order valence-corrected chi connectivity index (χ4v) is 4.41. The molecule has 3 rings (SSSR count). The number of hydrogen-bond donors (Lipinski definition) is 1. The van der Waals surface area contributed by atoms with Crippen molar-refractivity contribution in [3.05, 3.63) is 36.2 Å². The van der Waals surface area contributed by atoms with Gasteiger partial charge in [0, 0.05) is 32.4 Å². The van der Waals surface area contributed by atoms with Gasteiger partial charge in [-0.3, -0.25) is 4.79 Å². The summed E-state index contributed by atoms with van der Waals surface area (Å²) in [5.41, 5.74) is 0.627. The van der Waals surface area contributed by atoms with Gasteiger partial charge in [0.1, 0.15) is 22.1 Å². The molecule has 152 valence electrons. The van der Waals surface area contributed by atoms with E-state index in [1.54, 1.807) is 25.2 Å². The molecule has 1 fully saturated rings. The Morgan fingerprint density at radius 2 is 1.86 bits per heavy atom. The summed E-state index contributed by atoms with van der Waals surface area (Å²) in [6.07, 6.45) is 1.43. The number of aromatic nitrogens is 1. The van der Waals surface area contributed by atoms with Crippen molar-refractivity contribution in [3.63, 3.8) is 0 Å². The minimum Gasteiger partial charge on any atom is -0.497 e. The fourth-order valence-electron chi connectivity index (χ4n) is 2.94. The van der Waals surface area contributed by atoms with E-state index in [9.17, 15) is 13.2 Å². The highest BCUT2D eigenvalue weighted by atomic mass is 32.2. The highest BCUT2D eigenvalue weighted by Crippen LogP contribution is 2.29. The number of carbonyl (C=O) groups is 1. The van der Waals surface area contributed by atoms with E-state index in [4.69, 9.17) is 14.2 Å². The second kappa shape index (κ2) is 8.21. The Hall–Kier alpha value is -2.56. The summed E-state index contributed by atoms with van der Waals surface area (Å²) in [4.78, 5) is 12.8. The molecule has 1 aliphatic heterocycles. The number of benzene rings is 1. The molecule has 10 heteroatoms. The van der Waals surface area contributed by atoms with Crippen LogP contribution in [0, 0.1) is 0 Å². The summed E-state index contributed by atoms with van der Waals surface area (Å²) >= 11 is 0. The molecular formula is C18H23N3O6S. The SMILES string of the molecule is COc1ccc(OC)c(NC(=O)c2cc(S(=O)(=O)N3CCOCC3)cn2C)c1. The number of nitrogens with one attached hydrogen (secondary N) is 1. The molecule has 9 nitrogen and oxygen atoms in total. The molecule has 0 bridgehead atoms. The smallest absolute Gasteiger partial charge is 0.272 e. The quantitative estimate of drug-likeness (QED) is 0.773. The number of anilines is 1. The van der Waals surface area contributed by atoms with Gasteiger partial charge in [0.05, 0.1) is 33.1 Å². The van der Waals surface area contributed by atoms with Gasteiger partial charge in [-0.15, -0.1) is 0 Å². The molecule has 1 aromatic heterocycles. The van der Waals surface area contributed by atoms with E-state index >= 15 is 0 Å². The summed E-state index contributed by atoms with van der Waals surface area (Å²) in [6.45, 7) is 1.30. The molecule has 1 saturated heterocycles. The number of morpholine rings is 1. The van der Waals surface area contributed by atoms with Crippen LogP contribution in [0.4, 0.5) is 5.69 Å². The van der Waals surface area contributed by atoms with Crippen molar-refractivity contribution in [1.82, 2.24) is 8.87 Å². The van der Waals surface area contributed by atoms with Crippen molar-refractivity contribution < 1.29 is 27.4 Å². The fraction of sp³-hybridized carbons (Fsp3) is 0.389. The highest BCUT2D eigenvalue weighted by molar-refractivity contribution is 7.89. The lowest BCUT2D eigenvalue weighted by molar-refractivity contribution is 0.0730. The largest absolute Gasteiger partial charge is 0.497 e. The average molecular weight is 409 g/mol. The number of methoxy groups -OCH3 is 2. The minimum absolute atomic E-state index is 0.0691. The zero-order valence-corrected chi connectivity index (χ0v) is 16.8. The summed E-state index contributed by atoms with van der Waals surface area (Å²) in [5.74, 6) is 0.556. The van der Waals surface area contributed by atoms with E-state index in [2.05, 4.69) is 5.32 Å². The van der Waals surface area contributed by atoms with Crippen molar-refractivity contribution in [3.8, 4) is 11.5 Å². The molecule has 0 aliphatic carbocycles. The molecule has 1 aromatic carbocycles. The lowest BCUT2D eigenvalue weighted by Gasteiger charge is -2.25. The number of ether oxygens (including phenoxy) is 3. The number of carbonyl (C=O) groups excluding carboxylic acids is 1. The highest BCUT2D eigenvalue weighted by Gasteiger charge is 2.29. The van der Waals surface area contributed by atoms with Crippen LogP contribution in [-0.4, -0.2) is 63.7 Å². The Morgan fingerprint density at radius 3 is 2.50 bits per heavy atom. The Labute approximate surface area is 163 Å². The van der Waals surface area contributed by atoms with Crippen LogP contribution in [0.5, 0.6) is 11.5 Å². The lowest BCUT2D eigenvalue weighted by Crippen LogP contribution is -2.40. The number of rotatable bonds is 6. The van der Waals surface area contributed by atoms with Gasteiger partial charge in [-0.25, -0.2) is 8.42 Å². The van der Waals surface area contributed by atoms with Crippen LogP contribution in [0.25, 0.3) is 0 Å². The van der Waals surface area contributed by atoms with E-state index in [0.717, 1.165) is 0 Å². The van der Waals surface area contributed by atoms with Crippen LogP contribution in [0.2, 0.25) is 0 Å². The summed E-state index contributed by atoms with van der Waals surface area (Å²) in [7, 11) is 0.950. The Bertz CT molecular complexity index is 964. The monoisotopic (exact) mass is 409 g/mol. The van der Waals surface area contributed by atoms with E-state index < -0.39 is 15.9 Å². The molecule has 1 amide bonds. The van der Waals surface area contributed by atoms with Crippen LogP contribution in [0.15, 0.2) is 35.4 Å². The molecule has 0 saturated carbocycles. The third kappa shape index (κ3) is 3.98. The first-order valence-corrected chi connectivity index (χ1v) is 10.1. The van der Waals surface area contributed by atoms with E-state index in [0.29, 0.717) is 43.5 Å². The molecule has 0 spiro atoms. The summed E-state index contributed by atoms with van der Waals surface area (Å²) in [6, 6.07) is 6.38. The van der Waals surface area contributed by atoms with Crippen molar-refractivity contribution in [2.75, 3.05) is 45.8 Å². The zero-order chi connectivity index (χ0) is 20.3. The first-order valence-electron chi connectivity index (χ1n) is 8.64. The molecule has 2 aromatic rings. The number of nitrogens with zero attached hydrogens (tertiary/aromatic N) is 2. The maximum atomic E-state index is 12.8. The van der Waals surface area contributed by atoms with Crippen LogP contribution < -0.4 is 14.8 Å². The lowest BCUT2D eigenvalue weighted by atomic mass is 10.2. The third-order valence-corrected chi connectivity index (χ3v) is 6.34. The molecule has 0 unspecified atom stereocenters. The first-order chi connectivity index (χ1) is 13.4. The van der Waals surface area contributed by atoms with E-state index in [1.165, 1.54) is 35.4 Å². The van der Waals surface area contributed by atoms with Gasteiger partial charge in [0.15, 0.2) is 0 Å². The standard InChI is InChI=1S/C18H23N3O6S/c1-20-12-14(28(23,24)21-6-8-27-9-7-21)11-16(20)18(22)19-15-10-13(25-2)4-5-17(15)26-3/h4-5,10-12H,6-9H2,1-3H3,(H,19,22). The number of sulfonamides is 1. The molecule has 28 heavy (non-hydrogen) atoms. The van der Waals surface area contributed by atoms with Gasteiger partial charge < -0.3 is 24.1 Å². The van der Waals surface area contributed by atoms with Crippen LogP contribution in [-0.2, 0) is 21.8 Å². The summed E-state index contributed by atoms with van der Waals surface area (Å²) in [5, 5.41) is 2.74. The third-order valence-electron chi connectivity index (χ3n) is 4.48. The van der Waals surface area contributed by atoms with Gasteiger partial charge in [0.2, 0.25) is 10.0 Å². The first kappa shape index (κ1) is 20.2. The van der Waals surface area contributed by atoms with Crippen LogP contribution >= 0.6 is 0 Å². The van der Waals surface area contributed by atoms with Crippen molar-refractivity contribution in [2.24, 2.45) is 7.05 Å². The molecule has 1 N–H and O–H groups in total. The van der Waals surface area contributed by atoms with Gasteiger partial charge in [0.25, 0.3) is 5.91 Å². The number of hydrogen-bond acceptors (Lipinski definition) is 6. The minimum atomic E-state index is -3.69. The maximum Gasteiger partial charge on any atom is 0.272 e. The molecule has 2 heterocycles. The normalized spacial score (nSPS) is 15.2. The zero-order valence-electron chi connectivity index (χ0n) is 16.0. The second-order valence-corrected chi connectivity index (χ2v) is 8.15. The Balaban J connectivity index is 1.86. The Kier molecular flexibility index (Phi) is 5.92. The molecular weight excluding hydrogens is 386 g/mol. The topological polar surface area (TPSA) is 99.1 Å². The predicted octanol–water partition coefficient (Wildman–Crippen LogP) is 1.32. The number of amides is 1. The van der Waals surface area contributed by atoms with Crippen molar-refractivity contribution in [1.29, 1.82) is 0 Å². The van der Waals surface area contributed by atoms with Gasteiger partial charge in [-0.1, -0.05) is 0 Å². The van der Waals surface area contributed by atoms with Crippen LogP contribution in [0.1, 0.15) is 10.5 Å². The van der Waals surface area contributed by atoms with E-state index in [-0.39, 0.29) is 10.6 Å². The van der Waals surface area contributed by atoms with Crippen molar-refractivity contribution in [2.45, 2.75) is 4.90 Å². The van der Waals surface area contributed by atoms with Crippen LogP contribution in [0.3, 0.4) is 0 Å². The summed E-state index contributed by atoms with van der Waals surface area (Å²) < 4.78 is 44.1. The van der Waals surface area contributed by atoms with Gasteiger partial charge in [-0.05, 0) is 18.2 Å². The average Bonchev–Trinajstić information content (AvgIpc) is 3.11. The predicted molar refractivity (Wildman–Crippen MR) is 102 cm³/mol. The second-order valence-electron chi connectivity index (χ2n) is 6.21.